The molecular formula is C26H26N4O3. The van der Waals surface area contributed by atoms with E-state index in [9.17, 15) is 4.79 Å². The van der Waals surface area contributed by atoms with Gasteiger partial charge >= 0.3 is 0 Å². The minimum atomic E-state index is -0.445. The first kappa shape index (κ1) is 22.1. The summed E-state index contributed by atoms with van der Waals surface area (Å²) in [6, 6.07) is 19.3. The fourth-order valence-electron chi connectivity index (χ4n) is 3.58. The van der Waals surface area contributed by atoms with Crippen LogP contribution in [0.25, 0.3) is 17.1 Å². The number of carbonyl (C=O) groups excluding carboxylic acids is 1. The van der Waals surface area contributed by atoms with Crippen LogP contribution in [-0.4, -0.2) is 34.9 Å². The van der Waals surface area contributed by atoms with Crippen LogP contribution in [0.2, 0.25) is 0 Å². The van der Waals surface area contributed by atoms with Gasteiger partial charge in [0.1, 0.15) is 11.5 Å². The molecule has 168 valence electrons. The third-order valence-electron chi connectivity index (χ3n) is 5.33. The SMILES string of the molecule is COc1ccc(OC)c(NC(=O)c2nc(-c3cccc(C)c3)n(-c3cc(C)ccc3C)n2)c1. The minimum absolute atomic E-state index is 0.0530. The average molecular weight is 443 g/mol. The van der Waals surface area contributed by atoms with Crippen molar-refractivity contribution in [1.29, 1.82) is 0 Å². The topological polar surface area (TPSA) is 78.3 Å². The van der Waals surface area contributed by atoms with E-state index in [1.54, 1.807) is 37.1 Å². The number of rotatable bonds is 6. The lowest BCUT2D eigenvalue weighted by Gasteiger charge is -2.11. The van der Waals surface area contributed by atoms with Gasteiger partial charge in [-0.15, -0.1) is 5.10 Å². The first-order chi connectivity index (χ1) is 15.9. The van der Waals surface area contributed by atoms with Crippen LogP contribution >= 0.6 is 0 Å². The third kappa shape index (κ3) is 4.57. The van der Waals surface area contributed by atoms with Crippen molar-refractivity contribution in [3.8, 4) is 28.6 Å². The van der Waals surface area contributed by atoms with Gasteiger partial charge in [-0.25, -0.2) is 9.67 Å². The molecule has 1 aromatic heterocycles. The Morgan fingerprint density at radius 1 is 0.909 bits per heavy atom. The summed E-state index contributed by atoms with van der Waals surface area (Å²) in [7, 11) is 3.11. The summed E-state index contributed by atoms with van der Waals surface area (Å²) in [5.74, 6) is 1.31. The van der Waals surface area contributed by atoms with Crippen molar-refractivity contribution in [3.63, 3.8) is 0 Å². The Kier molecular flexibility index (Phi) is 6.13. The van der Waals surface area contributed by atoms with Crippen LogP contribution < -0.4 is 14.8 Å². The van der Waals surface area contributed by atoms with Gasteiger partial charge in [0.05, 0.1) is 25.6 Å². The molecule has 0 unspecified atom stereocenters. The summed E-state index contributed by atoms with van der Waals surface area (Å²) in [5.41, 5.74) is 5.44. The summed E-state index contributed by atoms with van der Waals surface area (Å²) in [6.45, 7) is 6.05. The zero-order valence-corrected chi connectivity index (χ0v) is 19.3. The van der Waals surface area contributed by atoms with E-state index in [-0.39, 0.29) is 5.82 Å². The van der Waals surface area contributed by atoms with Crippen molar-refractivity contribution in [2.24, 2.45) is 0 Å². The number of hydrogen-bond donors (Lipinski definition) is 1. The Morgan fingerprint density at radius 3 is 2.42 bits per heavy atom. The molecule has 4 rings (SSSR count). The largest absolute Gasteiger partial charge is 0.497 e. The quantitative estimate of drug-likeness (QED) is 0.448. The van der Waals surface area contributed by atoms with Gasteiger partial charge in [-0.3, -0.25) is 4.79 Å². The lowest BCUT2D eigenvalue weighted by molar-refractivity contribution is 0.101. The van der Waals surface area contributed by atoms with Crippen molar-refractivity contribution in [3.05, 3.63) is 83.2 Å². The van der Waals surface area contributed by atoms with Crippen LogP contribution in [0, 0.1) is 20.8 Å². The van der Waals surface area contributed by atoms with Gasteiger partial charge in [-0.2, -0.15) is 0 Å². The summed E-state index contributed by atoms with van der Waals surface area (Å²) in [5, 5.41) is 7.46. The molecule has 33 heavy (non-hydrogen) atoms. The molecule has 0 fully saturated rings. The summed E-state index contributed by atoms with van der Waals surface area (Å²) < 4.78 is 12.4. The molecule has 3 aromatic carbocycles. The molecule has 0 aliphatic rings. The standard InChI is InChI=1S/C26H26N4O3/c1-16-7-6-8-19(13-16)25-28-24(29-30(25)22-14-17(2)9-10-18(22)3)26(31)27-21-15-20(32-4)11-12-23(21)33-5/h6-15H,1-5H3,(H,27,31). The van der Waals surface area contributed by atoms with E-state index in [1.807, 2.05) is 63.2 Å². The Morgan fingerprint density at radius 2 is 1.70 bits per heavy atom. The molecule has 7 nitrogen and oxygen atoms in total. The Balaban J connectivity index is 1.80. The number of methoxy groups -OCH3 is 2. The minimum Gasteiger partial charge on any atom is -0.497 e. The van der Waals surface area contributed by atoms with Crippen molar-refractivity contribution in [2.45, 2.75) is 20.8 Å². The summed E-state index contributed by atoms with van der Waals surface area (Å²) >= 11 is 0. The molecule has 0 radical (unpaired) electrons. The van der Waals surface area contributed by atoms with Crippen LogP contribution in [-0.2, 0) is 0 Å². The highest BCUT2D eigenvalue weighted by molar-refractivity contribution is 6.02. The highest BCUT2D eigenvalue weighted by Crippen LogP contribution is 2.30. The van der Waals surface area contributed by atoms with E-state index < -0.39 is 5.91 Å². The highest BCUT2D eigenvalue weighted by Gasteiger charge is 2.21. The Labute approximate surface area is 193 Å². The van der Waals surface area contributed by atoms with Gasteiger partial charge in [0, 0.05) is 11.6 Å². The molecule has 0 spiro atoms. The molecule has 0 atom stereocenters. The number of nitrogens with one attached hydrogen (secondary N) is 1. The second kappa shape index (κ2) is 9.16. The molecule has 0 saturated carbocycles. The molecule has 0 aliphatic carbocycles. The molecule has 0 aliphatic heterocycles. The van der Waals surface area contributed by atoms with Crippen molar-refractivity contribution >= 4 is 11.6 Å². The first-order valence-corrected chi connectivity index (χ1v) is 10.5. The maximum Gasteiger partial charge on any atom is 0.295 e. The Hall–Kier alpha value is -4.13. The van der Waals surface area contributed by atoms with E-state index in [0.717, 1.165) is 27.9 Å². The molecule has 1 heterocycles. The monoisotopic (exact) mass is 442 g/mol. The maximum atomic E-state index is 13.2. The third-order valence-corrected chi connectivity index (χ3v) is 5.33. The van der Waals surface area contributed by atoms with Crippen LogP contribution in [0.3, 0.4) is 0 Å². The van der Waals surface area contributed by atoms with Gasteiger partial charge in [0.2, 0.25) is 5.82 Å². The molecule has 1 amide bonds. The summed E-state index contributed by atoms with van der Waals surface area (Å²) in [6.07, 6.45) is 0. The van der Waals surface area contributed by atoms with E-state index in [2.05, 4.69) is 15.4 Å². The summed E-state index contributed by atoms with van der Waals surface area (Å²) in [4.78, 5) is 17.8. The number of carbonyl (C=O) groups is 1. The van der Waals surface area contributed by atoms with Gasteiger partial charge in [-0.05, 0) is 56.2 Å². The molecule has 0 bridgehead atoms. The first-order valence-electron chi connectivity index (χ1n) is 10.5. The van der Waals surface area contributed by atoms with E-state index in [4.69, 9.17) is 9.47 Å². The van der Waals surface area contributed by atoms with Crippen LogP contribution in [0.5, 0.6) is 11.5 Å². The molecular weight excluding hydrogens is 416 g/mol. The number of amides is 1. The fourth-order valence-corrected chi connectivity index (χ4v) is 3.58. The number of benzene rings is 3. The number of aromatic nitrogens is 3. The number of ether oxygens (including phenoxy) is 2. The number of hydrogen-bond acceptors (Lipinski definition) is 5. The van der Waals surface area contributed by atoms with E-state index in [1.165, 1.54) is 0 Å². The van der Waals surface area contributed by atoms with E-state index >= 15 is 0 Å². The number of aryl methyl sites for hydroxylation is 3. The second-order valence-corrected chi connectivity index (χ2v) is 7.85. The Bertz CT molecular complexity index is 1330. The second-order valence-electron chi connectivity index (χ2n) is 7.85. The number of nitrogens with zero attached hydrogens (tertiary/aromatic N) is 3. The van der Waals surface area contributed by atoms with Crippen LogP contribution in [0.4, 0.5) is 5.69 Å². The molecule has 1 N–H and O–H groups in total. The predicted octanol–water partition coefficient (Wildman–Crippen LogP) is 5.13. The lowest BCUT2D eigenvalue weighted by atomic mass is 10.1. The molecule has 0 saturated heterocycles. The van der Waals surface area contributed by atoms with Crippen molar-refractivity contribution in [2.75, 3.05) is 19.5 Å². The smallest absolute Gasteiger partial charge is 0.295 e. The lowest BCUT2D eigenvalue weighted by Crippen LogP contribution is -2.15. The van der Waals surface area contributed by atoms with Gasteiger partial charge in [0.15, 0.2) is 5.82 Å². The van der Waals surface area contributed by atoms with E-state index in [0.29, 0.717) is 23.0 Å². The maximum absolute atomic E-state index is 13.2. The number of anilines is 1. The highest BCUT2D eigenvalue weighted by atomic mass is 16.5. The van der Waals surface area contributed by atoms with Gasteiger partial charge in [0.25, 0.3) is 5.91 Å². The normalized spacial score (nSPS) is 10.7. The van der Waals surface area contributed by atoms with Crippen LogP contribution in [0.1, 0.15) is 27.3 Å². The van der Waals surface area contributed by atoms with Crippen molar-refractivity contribution in [1.82, 2.24) is 14.8 Å². The molecule has 4 aromatic rings. The van der Waals surface area contributed by atoms with Crippen LogP contribution in [0.15, 0.2) is 60.7 Å². The van der Waals surface area contributed by atoms with Crippen molar-refractivity contribution < 1.29 is 14.3 Å². The zero-order valence-electron chi connectivity index (χ0n) is 19.3. The zero-order chi connectivity index (χ0) is 23.5. The average Bonchev–Trinajstić information content (AvgIpc) is 3.26. The van der Waals surface area contributed by atoms with Gasteiger partial charge < -0.3 is 14.8 Å². The molecule has 7 heteroatoms. The van der Waals surface area contributed by atoms with Gasteiger partial charge in [-0.1, -0.05) is 35.9 Å². The predicted molar refractivity (Wildman–Crippen MR) is 129 cm³/mol. The fraction of sp³-hybridized carbons (Fsp3) is 0.192.